The van der Waals surface area contributed by atoms with Crippen molar-refractivity contribution in [2.45, 2.75) is 40.2 Å². The molecular weight excluding hydrogens is 290 g/mol. The summed E-state index contributed by atoms with van der Waals surface area (Å²) in [6.45, 7) is 7.26. The average Bonchev–Trinajstić information content (AvgIpc) is 3.32. The largest absolute Gasteiger partial charge is 0.337 e. The SMILES string of the molecule is CC(=O)Nc1ccccc1CN(CC(C)(C)CN)C(=O)C1CC1. The van der Waals surface area contributed by atoms with Crippen molar-refractivity contribution in [3.05, 3.63) is 29.8 Å². The van der Waals surface area contributed by atoms with E-state index in [0.717, 1.165) is 24.1 Å². The van der Waals surface area contributed by atoms with Crippen molar-refractivity contribution in [3.8, 4) is 0 Å². The number of amides is 2. The lowest BCUT2D eigenvalue weighted by atomic mass is 9.92. The van der Waals surface area contributed by atoms with Crippen molar-refractivity contribution in [2.24, 2.45) is 17.1 Å². The first-order valence-electron chi connectivity index (χ1n) is 8.17. The fourth-order valence-electron chi connectivity index (χ4n) is 2.56. The monoisotopic (exact) mass is 317 g/mol. The number of carbonyl (C=O) groups excluding carboxylic acids is 2. The molecule has 2 amide bonds. The summed E-state index contributed by atoms with van der Waals surface area (Å²) < 4.78 is 0. The highest BCUT2D eigenvalue weighted by atomic mass is 16.2. The summed E-state index contributed by atoms with van der Waals surface area (Å²) in [7, 11) is 0. The Balaban J connectivity index is 2.20. The van der Waals surface area contributed by atoms with Crippen LogP contribution in [0.3, 0.4) is 0 Å². The fourth-order valence-corrected chi connectivity index (χ4v) is 2.56. The summed E-state index contributed by atoms with van der Waals surface area (Å²) in [5.41, 5.74) is 7.42. The highest BCUT2D eigenvalue weighted by Gasteiger charge is 2.35. The van der Waals surface area contributed by atoms with Gasteiger partial charge in [-0.15, -0.1) is 0 Å². The zero-order chi connectivity index (χ0) is 17.0. The average molecular weight is 317 g/mol. The van der Waals surface area contributed by atoms with Gasteiger partial charge in [0.15, 0.2) is 0 Å². The molecule has 0 saturated heterocycles. The van der Waals surface area contributed by atoms with Gasteiger partial charge in [0.1, 0.15) is 0 Å². The lowest BCUT2D eigenvalue weighted by Crippen LogP contribution is -2.42. The second kappa shape index (κ2) is 7.13. The zero-order valence-corrected chi connectivity index (χ0v) is 14.3. The number of rotatable bonds is 7. The molecule has 0 atom stereocenters. The summed E-state index contributed by atoms with van der Waals surface area (Å²) >= 11 is 0. The molecule has 0 unspecified atom stereocenters. The van der Waals surface area contributed by atoms with Crippen LogP contribution in [0.2, 0.25) is 0 Å². The quantitative estimate of drug-likeness (QED) is 0.810. The van der Waals surface area contributed by atoms with E-state index in [9.17, 15) is 9.59 Å². The van der Waals surface area contributed by atoms with Gasteiger partial charge in [0.25, 0.3) is 0 Å². The second-order valence-corrected chi connectivity index (χ2v) is 7.18. The first-order valence-corrected chi connectivity index (χ1v) is 8.17. The number of hydrogen-bond donors (Lipinski definition) is 2. The molecule has 0 aliphatic heterocycles. The van der Waals surface area contributed by atoms with E-state index in [1.165, 1.54) is 6.92 Å². The van der Waals surface area contributed by atoms with E-state index in [4.69, 9.17) is 5.73 Å². The number of nitrogens with two attached hydrogens (primary N) is 1. The van der Waals surface area contributed by atoms with Crippen LogP contribution in [0.1, 0.15) is 39.2 Å². The fraction of sp³-hybridized carbons (Fsp3) is 0.556. The van der Waals surface area contributed by atoms with Gasteiger partial charge < -0.3 is 16.0 Å². The lowest BCUT2D eigenvalue weighted by Gasteiger charge is -2.32. The van der Waals surface area contributed by atoms with Gasteiger partial charge in [-0.1, -0.05) is 32.0 Å². The van der Waals surface area contributed by atoms with Crippen LogP contribution >= 0.6 is 0 Å². The molecule has 23 heavy (non-hydrogen) atoms. The van der Waals surface area contributed by atoms with Crippen LogP contribution in [0.5, 0.6) is 0 Å². The van der Waals surface area contributed by atoms with E-state index in [-0.39, 0.29) is 23.1 Å². The molecule has 5 nitrogen and oxygen atoms in total. The predicted molar refractivity (Wildman–Crippen MR) is 91.7 cm³/mol. The Kier molecular flexibility index (Phi) is 5.42. The normalized spacial score (nSPS) is 14.4. The number of hydrogen-bond acceptors (Lipinski definition) is 3. The Morgan fingerprint density at radius 2 is 1.96 bits per heavy atom. The maximum atomic E-state index is 12.6. The minimum Gasteiger partial charge on any atom is -0.337 e. The van der Waals surface area contributed by atoms with Gasteiger partial charge in [-0.25, -0.2) is 0 Å². The van der Waals surface area contributed by atoms with Crippen LogP contribution in [-0.2, 0) is 16.1 Å². The van der Waals surface area contributed by atoms with Crippen LogP contribution in [0.15, 0.2) is 24.3 Å². The molecule has 0 bridgehead atoms. The molecule has 1 aliphatic rings. The third-order valence-electron chi connectivity index (χ3n) is 4.10. The Labute approximate surface area is 138 Å². The summed E-state index contributed by atoms with van der Waals surface area (Å²) in [4.78, 5) is 25.9. The van der Waals surface area contributed by atoms with Crippen LogP contribution in [-0.4, -0.2) is 29.8 Å². The Morgan fingerprint density at radius 1 is 1.30 bits per heavy atom. The zero-order valence-electron chi connectivity index (χ0n) is 14.3. The Bertz CT molecular complexity index is 579. The number of carbonyl (C=O) groups is 2. The number of nitrogens with zero attached hydrogens (tertiary/aromatic N) is 1. The van der Waals surface area contributed by atoms with Crippen LogP contribution < -0.4 is 11.1 Å². The molecule has 1 aromatic rings. The van der Waals surface area contributed by atoms with E-state index in [2.05, 4.69) is 19.2 Å². The van der Waals surface area contributed by atoms with Gasteiger partial charge >= 0.3 is 0 Å². The number of para-hydroxylation sites is 1. The molecule has 0 radical (unpaired) electrons. The van der Waals surface area contributed by atoms with E-state index in [1.807, 2.05) is 29.2 Å². The first kappa shape index (κ1) is 17.5. The van der Waals surface area contributed by atoms with Gasteiger partial charge in [0.2, 0.25) is 11.8 Å². The maximum Gasteiger partial charge on any atom is 0.226 e. The maximum absolute atomic E-state index is 12.6. The lowest BCUT2D eigenvalue weighted by molar-refractivity contribution is -0.134. The summed E-state index contributed by atoms with van der Waals surface area (Å²) in [6, 6.07) is 7.62. The third kappa shape index (κ3) is 5.06. The summed E-state index contributed by atoms with van der Waals surface area (Å²) in [6.07, 6.45) is 1.96. The molecule has 1 aromatic carbocycles. The summed E-state index contributed by atoms with van der Waals surface area (Å²) in [5, 5.41) is 2.84. The molecule has 0 spiro atoms. The molecular formula is C18H27N3O2. The van der Waals surface area contributed by atoms with Crippen molar-refractivity contribution >= 4 is 17.5 Å². The Hall–Kier alpha value is -1.88. The van der Waals surface area contributed by atoms with Crippen LogP contribution in [0.4, 0.5) is 5.69 Å². The highest BCUT2D eigenvalue weighted by molar-refractivity contribution is 5.89. The molecule has 126 valence electrons. The third-order valence-corrected chi connectivity index (χ3v) is 4.10. The number of anilines is 1. The van der Waals surface area contributed by atoms with Gasteiger partial charge in [-0.2, -0.15) is 0 Å². The van der Waals surface area contributed by atoms with Crippen molar-refractivity contribution in [1.29, 1.82) is 0 Å². The van der Waals surface area contributed by atoms with Crippen LogP contribution in [0, 0.1) is 11.3 Å². The highest BCUT2D eigenvalue weighted by Crippen LogP contribution is 2.33. The molecule has 0 heterocycles. The molecule has 1 fully saturated rings. The van der Waals surface area contributed by atoms with E-state index >= 15 is 0 Å². The molecule has 0 aromatic heterocycles. The first-order chi connectivity index (χ1) is 10.8. The number of nitrogens with one attached hydrogen (secondary N) is 1. The van der Waals surface area contributed by atoms with Crippen molar-refractivity contribution in [1.82, 2.24) is 4.90 Å². The minimum absolute atomic E-state index is 0.111. The van der Waals surface area contributed by atoms with Crippen LogP contribution in [0.25, 0.3) is 0 Å². The molecule has 2 rings (SSSR count). The van der Waals surface area contributed by atoms with Crippen molar-refractivity contribution in [2.75, 3.05) is 18.4 Å². The summed E-state index contributed by atoms with van der Waals surface area (Å²) in [5.74, 6) is 0.250. The second-order valence-electron chi connectivity index (χ2n) is 7.18. The topological polar surface area (TPSA) is 75.4 Å². The molecule has 3 N–H and O–H groups in total. The predicted octanol–water partition coefficient (Wildman–Crippen LogP) is 2.37. The van der Waals surface area contributed by atoms with Gasteiger partial charge in [-0.05, 0) is 36.4 Å². The van der Waals surface area contributed by atoms with Crippen molar-refractivity contribution < 1.29 is 9.59 Å². The molecule has 1 saturated carbocycles. The van der Waals surface area contributed by atoms with Gasteiger partial charge in [0.05, 0.1) is 0 Å². The smallest absolute Gasteiger partial charge is 0.226 e. The Morgan fingerprint density at radius 3 is 2.52 bits per heavy atom. The standard InChI is InChI=1S/C18H27N3O2/c1-13(22)20-16-7-5-4-6-15(16)10-21(12-18(2,3)11-19)17(23)14-8-9-14/h4-7,14H,8-12,19H2,1-3H3,(H,20,22). The van der Waals surface area contributed by atoms with E-state index < -0.39 is 0 Å². The van der Waals surface area contributed by atoms with Gasteiger partial charge in [-0.3, -0.25) is 9.59 Å². The molecule has 5 heteroatoms. The van der Waals surface area contributed by atoms with Crippen molar-refractivity contribution in [3.63, 3.8) is 0 Å². The molecule has 1 aliphatic carbocycles. The van der Waals surface area contributed by atoms with E-state index in [0.29, 0.717) is 19.6 Å². The number of benzene rings is 1. The van der Waals surface area contributed by atoms with E-state index in [1.54, 1.807) is 0 Å². The van der Waals surface area contributed by atoms with Gasteiger partial charge in [0, 0.05) is 31.6 Å². The minimum atomic E-state index is -0.131.